The minimum absolute atomic E-state index is 0.0943. The molecule has 3 aromatic carbocycles. The van der Waals surface area contributed by atoms with Crippen molar-refractivity contribution in [1.82, 2.24) is 4.90 Å². The molecule has 0 aromatic heterocycles. The molecular weight excluding hydrogens is 460 g/mol. The van der Waals surface area contributed by atoms with Crippen LogP contribution in [0.25, 0.3) is 0 Å². The van der Waals surface area contributed by atoms with Crippen LogP contribution in [0.1, 0.15) is 58.9 Å². The molecular formula is C32H40N2O3. The number of anilines is 1. The van der Waals surface area contributed by atoms with E-state index in [1.807, 2.05) is 6.07 Å². The highest BCUT2D eigenvalue weighted by Crippen LogP contribution is 2.40. The number of methoxy groups -OCH3 is 1. The predicted octanol–water partition coefficient (Wildman–Crippen LogP) is 5.48. The van der Waals surface area contributed by atoms with E-state index in [-0.39, 0.29) is 6.61 Å². The van der Waals surface area contributed by atoms with Crippen molar-refractivity contribution in [2.24, 2.45) is 0 Å². The molecule has 5 nitrogen and oxygen atoms in total. The maximum absolute atomic E-state index is 10.00. The molecule has 1 heterocycles. The van der Waals surface area contributed by atoms with Crippen molar-refractivity contribution in [2.45, 2.75) is 50.5 Å². The smallest absolute Gasteiger partial charge is 0.120 e. The number of benzene rings is 3. The van der Waals surface area contributed by atoms with Gasteiger partial charge in [-0.05, 0) is 110 Å². The molecule has 0 radical (unpaired) electrons. The van der Waals surface area contributed by atoms with Crippen molar-refractivity contribution in [2.75, 3.05) is 45.3 Å². The van der Waals surface area contributed by atoms with Gasteiger partial charge in [-0.15, -0.1) is 0 Å². The first-order chi connectivity index (χ1) is 18.0. The van der Waals surface area contributed by atoms with Gasteiger partial charge in [0.2, 0.25) is 0 Å². The van der Waals surface area contributed by atoms with Crippen LogP contribution in [0, 0.1) is 0 Å². The number of nitrogens with zero attached hydrogens (tertiary/aromatic N) is 2. The summed E-state index contributed by atoms with van der Waals surface area (Å²) in [5, 5.41) is 19.9. The molecule has 2 N–H and O–H groups in total. The van der Waals surface area contributed by atoms with Gasteiger partial charge in [0.05, 0.1) is 13.7 Å². The largest absolute Gasteiger partial charge is 0.508 e. The second kappa shape index (κ2) is 11.6. The molecule has 1 atom stereocenters. The molecule has 5 rings (SSSR count). The average Bonchev–Trinajstić information content (AvgIpc) is 2.93. The van der Waals surface area contributed by atoms with Gasteiger partial charge in [0.1, 0.15) is 11.5 Å². The molecule has 37 heavy (non-hydrogen) atoms. The maximum Gasteiger partial charge on any atom is 0.120 e. The van der Waals surface area contributed by atoms with Crippen LogP contribution in [0.2, 0.25) is 0 Å². The SMILES string of the molecule is COc1ccc([C@@H]2CCc3cc(O)ccc3C2)c(N(CCO)Cc2ccc(C3CCN(C)CC3)cc2)c1. The van der Waals surface area contributed by atoms with E-state index < -0.39 is 0 Å². The molecule has 1 aliphatic heterocycles. The van der Waals surface area contributed by atoms with Gasteiger partial charge in [-0.1, -0.05) is 36.4 Å². The Morgan fingerprint density at radius 2 is 1.70 bits per heavy atom. The van der Waals surface area contributed by atoms with E-state index in [0.29, 0.717) is 24.1 Å². The van der Waals surface area contributed by atoms with Crippen molar-refractivity contribution in [1.29, 1.82) is 0 Å². The number of rotatable bonds is 8. The summed E-state index contributed by atoms with van der Waals surface area (Å²) in [4.78, 5) is 4.72. The van der Waals surface area contributed by atoms with Gasteiger partial charge in [0, 0.05) is 24.8 Å². The molecule has 0 bridgehead atoms. The maximum atomic E-state index is 10.00. The van der Waals surface area contributed by atoms with Crippen molar-refractivity contribution < 1.29 is 14.9 Å². The number of piperidine rings is 1. The van der Waals surface area contributed by atoms with Crippen LogP contribution in [-0.4, -0.2) is 55.5 Å². The van der Waals surface area contributed by atoms with Gasteiger partial charge in [-0.3, -0.25) is 0 Å². The summed E-state index contributed by atoms with van der Waals surface area (Å²) in [7, 11) is 3.92. The Bertz CT molecular complexity index is 1190. The van der Waals surface area contributed by atoms with Gasteiger partial charge < -0.3 is 24.7 Å². The fourth-order valence-corrected chi connectivity index (χ4v) is 6.14. The highest BCUT2D eigenvalue weighted by atomic mass is 16.5. The number of fused-ring (bicyclic) bond motifs is 1. The lowest BCUT2D eigenvalue weighted by molar-refractivity contribution is 0.255. The van der Waals surface area contributed by atoms with E-state index in [9.17, 15) is 10.2 Å². The second-order valence-corrected chi connectivity index (χ2v) is 10.8. The number of phenols is 1. The summed E-state index contributed by atoms with van der Waals surface area (Å²) >= 11 is 0. The third kappa shape index (κ3) is 5.94. The Morgan fingerprint density at radius 1 is 0.919 bits per heavy atom. The molecule has 1 fully saturated rings. The Balaban J connectivity index is 1.39. The highest BCUT2D eigenvalue weighted by molar-refractivity contribution is 5.60. The summed E-state index contributed by atoms with van der Waals surface area (Å²) in [5.41, 5.74) is 7.70. The molecule has 0 spiro atoms. The highest BCUT2D eigenvalue weighted by Gasteiger charge is 2.25. The first-order valence-corrected chi connectivity index (χ1v) is 13.7. The minimum atomic E-state index is 0.0943. The fraction of sp³-hybridized carbons (Fsp3) is 0.438. The number of aryl methyl sites for hydroxylation is 1. The van der Waals surface area contributed by atoms with Gasteiger partial charge in [0.15, 0.2) is 0 Å². The number of phenolic OH excluding ortho intramolecular Hbond substituents is 1. The van der Waals surface area contributed by atoms with Crippen molar-refractivity contribution in [3.63, 3.8) is 0 Å². The van der Waals surface area contributed by atoms with Gasteiger partial charge >= 0.3 is 0 Å². The Labute approximate surface area is 221 Å². The Hall–Kier alpha value is -3.02. The Kier molecular flexibility index (Phi) is 8.02. The van der Waals surface area contributed by atoms with Gasteiger partial charge in [0.25, 0.3) is 0 Å². The zero-order valence-electron chi connectivity index (χ0n) is 22.2. The molecule has 196 valence electrons. The summed E-state index contributed by atoms with van der Waals surface area (Å²) < 4.78 is 5.62. The molecule has 3 aromatic rings. The van der Waals surface area contributed by atoms with Gasteiger partial charge in [-0.2, -0.15) is 0 Å². The molecule has 1 saturated heterocycles. The van der Waals surface area contributed by atoms with Crippen LogP contribution < -0.4 is 9.64 Å². The summed E-state index contributed by atoms with van der Waals surface area (Å²) in [6.07, 6.45) is 5.40. The third-order valence-corrected chi connectivity index (χ3v) is 8.35. The summed E-state index contributed by atoms with van der Waals surface area (Å²) in [6, 6.07) is 21.3. The number of hydrogen-bond donors (Lipinski definition) is 2. The average molecular weight is 501 g/mol. The summed E-state index contributed by atoms with van der Waals surface area (Å²) in [5.74, 6) is 2.21. The van der Waals surface area contributed by atoms with E-state index in [2.05, 4.69) is 65.4 Å². The van der Waals surface area contributed by atoms with Crippen LogP contribution >= 0.6 is 0 Å². The van der Waals surface area contributed by atoms with Crippen molar-refractivity contribution in [3.05, 3.63) is 88.5 Å². The third-order valence-electron chi connectivity index (χ3n) is 8.35. The first kappa shape index (κ1) is 25.6. The zero-order chi connectivity index (χ0) is 25.8. The number of aliphatic hydroxyl groups excluding tert-OH is 1. The van der Waals surface area contributed by atoms with Crippen LogP contribution in [0.4, 0.5) is 5.69 Å². The number of aliphatic hydroxyl groups is 1. The standard InChI is InChI=1S/C32H40N2O3/c1-33-15-13-25(14-16-33)24-5-3-23(4-6-24)22-34(17-18-35)32-21-30(37-2)11-12-31(32)28-8-7-27-20-29(36)10-9-26(27)19-28/h3-6,9-12,20-21,25,28,35-36H,7-8,13-19,22H2,1-2H3/t28-/m1/s1. The van der Waals surface area contributed by atoms with E-state index in [0.717, 1.165) is 37.2 Å². The number of aromatic hydroxyl groups is 1. The van der Waals surface area contributed by atoms with E-state index in [1.165, 1.54) is 53.7 Å². The number of likely N-dealkylation sites (tertiary alicyclic amines) is 1. The first-order valence-electron chi connectivity index (χ1n) is 13.7. The topological polar surface area (TPSA) is 56.2 Å². The zero-order valence-corrected chi connectivity index (χ0v) is 22.2. The lowest BCUT2D eigenvalue weighted by Crippen LogP contribution is -2.29. The van der Waals surface area contributed by atoms with E-state index in [1.54, 1.807) is 13.2 Å². The minimum Gasteiger partial charge on any atom is -0.508 e. The predicted molar refractivity (Wildman–Crippen MR) is 150 cm³/mol. The molecule has 2 aliphatic rings. The summed E-state index contributed by atoms with van der Waals surface area (Å²) in [6.45, 7) is 3.74. The molecule has 5 heteroatoms. The van der Waals surface area contributed by atoms with E-state index in [4.69, 9.17) is 4.74 Å². The fourth-order valence-electron chi connectivity index (χ4n) is 6.14. The molecule has 0 saturated carbocycles. The number of ether oxygens (including phenoxy) is 1. The lowest BCUT2D eigenvalue weighted by Gasteiger charge is -2.32. The van der Waals surface area contributed by atoms with Gasteiger partial charge in [-0.25, -0.2) is 0 Å². The van der Waals surface area contributed by atoms with Crippen LogP contribution in [0.5, 0.6) is 11.5 Å². The number of hydrogen-bond acceptors (Lipinski definition) is 5. The van der Waals surface area contributed by atoms with Crippen LogP contribution in [0.15, 0.2) is 60.7 Å². The van der Waals surface area contributed by atoms with Crippen LogP contribution in [0.3, 0.4) is 0 Å². The molecule has 0 unspecified atom stereocenters. The molecule has 0 amide bonds. The normalized spacial score (nSPS) is 18.4. The second-order valence-electron chi connectivity index (χ2n) is 10.8. The molecule has 1 aliphatic carbocycles. The van der Waals surface area contributed by atoms with Crippen LogP contribution in [-0.2, 0) is 19.4 Å². The van der Waals surface area contributed by atoms with Crippen molar-refractivity contribution in [3.8, 4) is 11.5 Å². The van der Waals surface area contributed by atoms with Crippen molar-refractivity contribution >= 4 is 5.69 Å². The monoisotopic (exact) mass is 500 g/mol. The Morgan fingerprint density at radius 3 is 2.43 bits per heavy atom. The lowest BCUT2D eigenvalue weighted by atomic mass is 9.79. The van der Waals surface area contributed by atoms with E-state index >= 15 is 0 Å². The quantitative estimate of drug-likeness (QED) is 0.429.